The lowest BCUT2D eigenvalue weighted by Crippen LogP contribution is -2.44. The Morgan fingerprint density at radius 2 is 2.04 bits per heavy atom. The Bertz CT molecular complexity index is 540. The van der Waals surface area contributed by atoms with Crippen LogP contribution in [0.3, 0.4) is 0 Å². The predicted molar refractivity (Wildman–Crippen MR) is 91.1 cm³/mol. The van der Waals surface area contributed by atoms with E-state index in [0.29, 0.717) is 32.1 Å². The quantitative estimate of drug-likeness (QED) is 0.870. The zero-order valence-electron chi connectivity index (χ0n) is 14.2. The number of ether oxygens (including phenoxy) is 1. The molecular weight excluding hydrogens is 307 g/mol. The van der Waals surface area contributed by atoms with Gasteiger partial charge < -0.3 is 10.1 Å². The van der Waals surface area contributed by atoms with Gasteiger partial charge in [0, 0.05) is 26.1 Å². The van der Waals surface area contributed by atoms with Crippen LogP contribution in [-0.4, -0.2) is 43.7 Å². The van der Waals surface area contributed by atoms with Crippen molar-refractivity contribution in [3.63, 3.8) is 0 Å². The smallest absolute Gasteiger partial charge is 0.220 e. The van der Waals surface area contributed by atoms with Crippen molar-refractivity contribution in [1.82, 2.24) is 10.2 Å². The molecule has 1 aliphatic heterocycles. The van der Waals surface area contributed by atoms with E-state index in [1.165, 1.54) is 31.7 Å². The highest BCUT2D eigenvalue weighted by Crippen LogP contribution is 2.27. The second-order valence-corrected chi connectivity index (χ2v) is 6.88. The van der Waals surface area contributed by atoms with Gasteiger partial charge in [-0.25, -0.2) is 4.39 Å². The van der Waals surface area contributed by atoms with E-state index in [-0.39, 0.29) is 17.8 Å². The number of hydrogen-bond acceptors (Lipinski definition) is 3. The van der Waals surface area contributed by atoms with Gasteiger partial charge in [-0.15, -0.1) is 0 Å². The van der Waals surface area contributed by atoms with Crippen LogP contribution in [0, 0.1) is 11.7 Å². The molecule has 1 saturated carbocycles. The van der Waals surface area contributed by atoms with Gasteiger partial charge in [0.1, 0.15) is 5.82 Å². The second-order valence-electron chi connectivity index (χ2n) is 6.88. The van der Waals surface area contributed by atoms with E-state index in [1.54, 1.807) is 12.1 Å². The molecule has 0 bridgehead atoms. The minimum atomic E-state index is -0.233. The molecule has 5 heteroatoms. The van der Waals surface area contributed by atoms with Gasteiger partial charge in [0.25, 0.3) is 0 Å². The summed E-state index contributed by atoms with van der Waals surface area (Å²) in [5.41, 5.74) is 0.915. The predicted octanol–water partition coefficient (Wildman–Crippen LogP) is 2.90. The fourth-order valence-electron chi connectivity index (χ4n) is 3.82. The highest BCUT2D eigenvalue weighted by molar-refractivity contribution is 5.76. The van der Waals surface area contributed by atoms with E-state index >= 15 is 0 Å². The first-order chi connectivity index (χ1) is 11.7. The third-order valence-electron chi connectivity index (χ3n) is 5.16. The van der Waals surface area contributed by atoms with Gasteiger partial charge in [-0.05, 0) is 36.5 Å². The molecule has 24 heavy (non-hydrogen) atoms. The van der Waals surface area contributed by atoms with Crippen molar-refractivity contribution in [3.8, 4) is 0 Å². The standard InChI is InChI=1S/C19H27FN2O2/c20-17-7-3-6-16(13-17)18(22-8-10-24-11-9-22)14-21-19(23)12-15-4-1-2-5-15/h3,6-7,13,15,18H,1-2,4-5,8-12,14H2,(H,21,23). The average molecular weight is 334 g/mol. The lowest BCUT2D eigenvalue weighted by atomic mass is 10.0. The number of morpholine rings is 1. The summed E-state index contributed by atoms with van der Waals surface area (Å²) in [7, 11) is 0. The minimum Gasteiger partial charge on any atom is -0.379 e. The van der Waals surface area contributed by atoms with E-state index in [1.807, 2.05) is 6.07 Å². The molecular formula is C19H27FN2O2. The van der Waals surface area contributed by atoms with Gasteiger partial charge in [-0.1, -0.05) is 25.0 Å². The number of nitrogens with one attached hydrogen (secondary N) is 1. The number of carbonyl (C=O) groups is 1. The molecule has 0 spiro atoms. The maximum absolute atomic E-state index is 13.6. The fraction of sp³-hybridized carbons (Fsp3) is 0.632. The molecule has 132 valence electrons. The SMILES string of the molecule is O=C(CC1CCCC1)NCC(c1cccc(F)c1)N1CCOCC1. The van der Waals surface area contributed by atoms with Crippen molar-refractivity contribution in [2.75, 3.05) is 32.8 Å². The summed E-state index contributed by atoms with van der Waals surface area (Å²) in [4.78, 5) is 14.5. The molecule has 0 aromatic heterocycles. The van der Waals surface area contributed by atoms with Crippen LogP contribution in [0.4, 0.5) is 4.39 Å². The van der Waals surface area contributed by atoms with E-state index in [0.717, 1.165) is 18.7 Å². The topological polar surface area (TPSA) is 41.6 Å². The van der Waals surface area contributed by atoms with Crippen molar-refractivity contribution in [2.24, 2.45) is 5.92 Å². The lowest BCUT2D eigenvalue weighted by Gasteiger charge is -2.35. The van der Waals surface area contributed by atoms with E-state index in [9.17, 15) is 9.18 Å². The van der Waals surface area contributed by atoms with Gasteiger partial charge in [-0.3, -0.25) is 9.69 Å². The molecule has 0 radical (unpaired) electrons. The van der Waals surface area contributed by atoms with Crippen LogP contribution in [0.2, 0.25) is 0 Å². The summed E-state index contributed by atoms with van der Waals surface area (Å²) in [6, 6.07) is 6.70. The monoisotopic (exact) mass is 334 g/mol. The molecule has 1 saturated heterocycles. The van der Waals surface area contributed by atoms with Gasteiger partial charge >= 0.3 is 0 Å². The Morgan fingerprint density at radius 3 is 2.75 bits per heavy atom. The summed E-state index contributed by atoms with van der Waals surface area (Å²) in [6.45, 7) is 3.50. The van der Waals surface area contributed by atoms with Crippen molar-refractivity contribution < 1.29 is 13.9 Å². The Hall–Kier alpha value is -1.46. The molecule has 2 aliphatic rings. The number of nitrogens with zero attached hydrogens (tertiary/aromatic N) is 1. The Labute approximate surface area is 143 Å². The first-order valence-corrected chi connectivity index (χ1v) is 9.06. The average Bonchev–Trinajstić information content (AvgIpc) is 3.09. The third-order valence-corrected chi connectivity index (χ3v) is 5.16. The van der Waals surface area contributed by atoms with Gasteiger partial charge in [0.2, 0.25) is 5.91 Å². The molecule has 1 atom stereocenters. The molecule has 1 aliphatic carbocycles. The second kappa shape index (κ2) is 8.58. The number of amides is 1. The van der Waals surface area contributed by atoms with Crippen LogP contribution in [0.1, 0.15) is 43.7 Å². The van der Waals surface area contributed by atoms with Crippen LogP contribution in [0.25, 0.3) is 0 Å². The molecule has 1 amide bonds. The lowest BCUT2D eigenvalue weighted by molar-refractivity contribution is -0.122. The molecule has 1 N–H and O–H groups in total. The molecule has 1 aromatic carbocycles. The Kier molecular flexibility index (Phi) is 6.21. The van der Waals surface area contributed by atoms with Crippen LogP contribution < -0.4 is 5.32 Å². The van der Waals surface area contributed by atoms with Gasteiger partial charge in [0.05, 0.1) is 19.3 Å². The molecule has 2 fully saturated rings. The molecule has 1 unspecified atom stereocenters. The number of rotatable bonds is 6. The van der Waals surface area contributed by atoms with E-state index < -0.39 is 0 Å². The van der Waals surface area contributed by atoms with E-state index in [2.05, 4.69) is 10.2 Å². The number of halogens is 1. The first-order valence-electron chi connectivity index (χ1n) is 9.06. The molecule has 3 rings (SSSR count). The maximum Gasteiger partial charge on any atom is 0.220 e. The summed E-state index contributed by atoms with van der Waals surface area (Å²) >= 11 is 0. The van der Waals surface area contributed by atoms with Crippen molar-refractivity contribution in [2.45, 2.75) is 38.1 Å². The fourth-order valence-corrected chi connectivity index (χ4v) is 3.82. The van der Waals surface area contributed by atoms with Crippen molar-refractivity contribution in [1.29, 1.82) is 0 Å². The summed E-state index contributed by atoms with van der Waals surface area (Å²) < 4.78 is 19.1. The normalized spacial score (nSPS) is 20.9. The first kappa shape index (κ1) is 17.4. The summed E-state index contributed by atoms with van der Waals surface area (Å²) in [6.07, 6.45) is 5.46. The highest BCUT2D eigenvalue weighted by Gasteiger charge is 2.24. The maximum atomic E-state index is 13.6. The zero-order chi connectivity index (χ0) is 16.8. The molecule has 4 nitrogen and oxygen atoms in total. The van der Waals surface area contributed by atoms with Crippen LogP contribution in [-0.2, 0) is 9.53 Å². The van der Waals surface area contributed by atoms with Crippen LogP contribution in [0.15, 0.2) is 24.3 Å². The van der Waals surface area contributed by atoms with Gasteiger partial charge in [-0.2, -0.15) is 0 Å². The molecule has 1 aromatic rings. The Morgan fingerprint density at radius 1 is 1.29 bits per heavy atom. The van der Waals surface area contributed by atoms with Crippen molar-refractivity contribution >= 4 is 5.91 Å². The zero-order valence-corrected chi connectivity index (χ0v) is 14.2. The van der Waals surface area contributed by atoms with E-state index in [4.69, 9.17) is 4.74 Å². The highest BCUT2D eigenvalue weighted by atomic mass is 19.1. The molecule has 1 heterocycles. The largest absolute Gasteiger partial charge is 0.379 e. The van der Waals surface area contributed by atoms with Crippen LogP contribution >= 0.6 is 0 Å². The summed E-state index contributed by atoms with van der Waals surface area (Å²) in [5.74, 6) is 0.431. The third kappa shape index (κ3) is 4.77. The summed E-state index contributed by atoms with van der Waals surface area (Å²) in [5, 5.41) is 3.08. The number of carbonyl (C=O) groups excluding carboxylic acids is 1. The number of benzene rings is 1. The minimum absolute atomic E-state index is 0.00266. The number of hydrogen-bond donors (Lipinski definition) is 1. The van der Waals surface area contributed by atoms with Crippen LogP contribution in [0.5, 0.6) is 0 Å². The Balaban J connectivity index is 1.61. The van der Waals surface area contributed by atoms with Gasteiger partial charge in [0.15, 0.2) is 0 Å². The van der Waals surface area contributed by atoms with Crippen molar-refractivity contribution in [3.05, 3.63) is 35.6 Å².